The molecule has 168 valence electrons. The number of nitrogens with one attached hydrogen (secondary N) is 1. The van der Waals surface area contributed by atoms with Crippen molar-refractivity contribution in [3.05, 3.63) is 94.8 Å². The lowest BCUT2D eigenvalue weighted by molar-refractivity contribution is -0.274. The van der Waals surface area contributed by atoms with E-state index < -0.39 is 6.36 Å². The monoisotopic (exact) mass is 452 g/mol. The molecule has 1 heterocycles. The van der Waals surface area contributed by atoms with Crippen molar-refractivity contribution in [1.29, 1.82) is 0 Å². The third-order valence-corrected chi connectivity index (χ3v) is 4.70. The Morgan fingerprint density at radius 2 is 1.67 bits per heavy atom. The average Bonchev–Trinajstić information content (AvgIpc) is 2.79. The number of hydrogen-bond acceptors (Lipinski definition) is 5. The van der Waals surface area contributed by atoms with Crippen molar-refractivity contribution in [2.45, 2.75) is 12.9 Å². The van der Waals surface area contributed by atoms with Crippen LogP contribution >= 0.6 is 0 Å². The first-order chi connectivity index (χ1) is 15.9. The standard InChI is InChI=1S/C24H19F3N4O2/c25-24(26,27)33-19-12-10-18(11-13-19)29-23-30-21-9-5-4-8-20(21)22(32)31(23)15-14-28-16-17-6-2-1-3-7-17/h1-13,16H,14-15H2,(H,29,30). The molecule has 0 atom stereocenters. The van der Waals surface area contributed by atoms with E-state index in [-0.39, 0.29) is 23.8 Å². The van der Waals surface area contributed by atoms with Crippen LogP contribution in [-0.4, -0.2) is 28.7 Å². The second-order valence-electron chi connectivity index (χ2n) is 7.05. The Morgan fingerprint density at radius 3 is 2.39 bits per heavy atom. The molecule has 0 bridgehead atoms. The highest BCUT2D eigenvalue weighted by Gasteiger charge is 2.30. The lowest BCUT2D eigenvalue weighted by Gasteiger charge is -2.15. The van der Waals surface area contributed by atoms with Gasteiger partial charge in [0.1, 0.15) is 5.75 Å². The molecule has 0 spiro atoms. The summed E-state index contributed by atoms with van der Waals surface area (Å²) >= 11 is 0. The van der Waals surface area contributed by atoms with Crippen molar-refractivity contribution < 1.29 is 17.9 Å². The van der Waals surface area contributed by atoms with Gasteiger partial charge in [-0.3, -0.25) is 14.4 Å². The van der Waals surface area contributed by atoms with Crippen LogP contribution in [0.3, 0.4) is 0 Å². The van der Waals surface area contributed by atoms with E-state index in [1.54, 1.807) is 30.5 Å². The highest BCUT2D eigenvalue weighted by atomic mass is 19.4. The number of anilines is 2. The Balaban J connectivity index is 1.59. The highest BCUT2D eigenvalue weighted by molar-refractivity contribution is 5.80. The van der Waals surface area contributed by atoms with Crippen molar-refractivity contribution >= 4 is 28.8 Å². The van der Waals surface area contributed by atoms with E-state index in [1.807, 2.05) is 30.3 Å². The largest absolute Gasteiger partial charge is 0.573 e. The van der Waals surface area contributed by atoms with E-state index in [0.29, 0.717) is 23.1 Å². The molecule has 6 nitrogen and oxygen atoms in total. The van der Waals surface area contributed by atoms with E-state index in [0.717, 1.165) is 5.56 Å². The summed E-state index contributed by atoms with van der Waals surface area (Å²) in [6.07, 6.45) is -3.04. The van der Waals surface area contributed by atoms with Crippen LogP contribution in [0.4, 0.5) is 24.8 Å². The van der Waals surface area contributed by atoms with Gasteiger partial charge in [-0.25, -0.2) is 4.98 Å². The number of ether oxygens (including phenoxy) is 1. The van der Waals surface area contributed by atoms with Crippen molar-refractivity contribution in [2.75, 3.05) is 11.9 Å². The van der Waals surface area contributed by atoms with Gasteiger partial charge in [0.05, 0.1) is 17.4 Å². The predicted molar refractivity (Wildman–Crippen MR) is 121 cm³/mol. The van der Waals surface area contributed by atoms with Gasteiger partial charge in [0.2, 0.25) is 5.95 Å². The van der Waals surface area contributed by atoms with Gasteiger partial charge < -0.3 is 10.1 Å². The van der Waals surface area contributed by atoms with Crippen LogP contribution in [0.25, 0.3) is 10.9 Å². The smallest absolute Gasteiger partial charge is 0.406 e. The van der Waals surface area contributed by atoms with Gasteiger partial charge in [-0.1, -0.05) is 42.5 Å². The fourth-order valence-corrected chi connectivity index (χ4v) is 3.21. The molecular formula is C24H19F3N4O2. The topological polar surface area (TPSA) is 68.5 Å². The molecule has 1 aromatic heterocycles. The Bertz CT molecular complexity index is 1320. The number of aromatic nitrogens is 2. The Labute approximate surface area is 187 Å². The lowest BCUT2D eigenvalue weighted by Crippen LogP contribution is -2.25. The molecule has 0 aliphatic carbocycles. The quantitative estimate of drug-likeness (QED) is 0.394. The molecule has 0 aliphatic rings. The van der Waals surface area contributed by atoms with Crippen LogP contribution in [0.2, 0.25) is 0 Å². The fraction of sp³-hybridized carbons (Fsp3) is 0.125. The summed E-state index contributed by atoms with van der Waals surface area (Å²) in [4.78, 5) is 22.0. The van der Waals surface area contributed by atoms with Crippen molar-refractivity contribution in [3.8, 4) is 5.75 Å². The Hall–Kier alpha value is -4.14. The van der Waals surface area contributed by atoms with Crippen LogP contribution < -0.4 is 15.6 Å². The van der Waals surface area contributed by atoms with Crippen LogP contribution in [0.1, 0.15) is 5.56 Å². The molecule has 4 aromatic rings. The first-order valence-electron chi connectivity index (χ1n) is 10.1. The molecule has 3 aromatic carbocycles. The van der Waals surface area contributed by atoms with Gasteiger partial charge in [0.15, 0.2) is 0 Å². The maximum atomic E-state index is 13.1. The molecule has 9 heteroatoms. The van der Waals surface area contributed by atoms with Crippen LogP contribution in [-0.2, 0) is 6.54 Å². The van der Waals surface area contributed by atoms with Crippen molar-refractivity contribution in [2.24, 2.45) is 4.99 Å². The predicted octanol–water partition coefficient (Wildman–Crippen LogP) is 5.16. The summed E-state index contributed by atoms with van der Waals surface area (Å²) in [6.45, 7) is 0.597. The van der Waals surface area contributed by atoms with Gasteiger partial charge in [-0.2, -0.15) is 0 Å². The number of fused-ring (bicyclic) bond motifs is 1. The summed E-state index contributed by atoms with van der Waals surface area (Å²) in [5.41, 5.74) is 1.66. The van der Waals surface area contributed by atoms with Gasteiger partial charge in [0.25, 0.3) is 5.56 Å². The summed E-state index contributed by atoms with van der Waals surface area (Å²) in [5.74, 6) is -0.0785. The summed E-state index contributed by atoms with van der Waals surface area (Å²) in [6, 6.07) is 21.7. The molecule has 0 unspecified atom stereocenters. The molecular weight excluding hydrogens is 433 g/mol. The Morgan fingerprint density at radius 1 is 0.970 bits per heavy atom. The van der Waals surface area contributed by atoms with Gasteiger partial charge >= 0.3 is 6.36 Å². The van der Waals surface area contributed by atoms with E-state index in [4.69, 9.17) is 0 Å². The van der Waals surface area contributed by atoms with E-state index >= 15 is 0 Å². The average molecular weight is 452 g/mol. The molecule has 33 heavy (non-hydrogen) atoms. The van der Waals surface area contributed by atoms with Crippen LogP contribution in [0.5, 0.6) is 5.75 Å². The van der Waals surface area contributed by atoms with Gasteiger partial charge in [-0.05, 0) is 42.0 Å². The molecule has 0 fully saturated rings. The Kier molecular flexibility index (Phi) is 6.39. The second-order valence-corrected chi connectivity index (χ2v) is 7.05. The summed E-state index contributed by atoms with van der Waals surface area (Å²) in [5, 5.41) is 3.48. The lowest BCUT2D eigenvalue weighted by atomic mass is 10.2. The zero-order chi connectivity index (χ0) is 23.3. The number of rotatable bonds is 7. The molecule has 0 radical (unpaired) electrons. The minimum Gasteiger partial charge on any atom is -0.406 e. The first-order valence-corrected chi connectivity index (χ1v) is 10.1. The third kappa shape index (κ3) is 5.76. The maximum absolute atomic E-state index is 13.1. The molecule has 0 amide bonds. The van der Waals surface area contributed by atoms with Crippen LogP contribution in [0.15, 0.2) is 88.6 Å². The van der Waals surface area contributed by atoms with E-state index in [2.05, 4.69) is 20.0 Å². The minimum atomic E-state index is -4.77. The number of nitrogens with zero attached hydrogens (tertiary/aromatic N) is 3. The van der Waals surface area contributed by atoms with E-state index in [1.165, 1.54) is 28.8 Å². The van der Waals surface area contributed by atoms with Crippen LogP contribution in [0, 0.1) is 0 Å². The molecule has 1 N–H and O–H groups in total. The number of alkyl halides is 3. The molecule has 0 saturated heterocycles. The molecule has 0 aliphatic heterocycles. The number of para-hydroxylation sites is 1. The number of hydrogen-bond donors (Lipinski definition) is 1. The third-order valence-electron chi connectivity index (χ3n) is 4.70. The van der Waals surface area contributed by atoms with E-state index in [9.17, 15) is 18.0 Å². The number of halogens is 3. The van der Waals surface area contributed by atoms with Crippen molar-refractivity contribution in [3.63, 3.8) is 0 Å². The fourth-order valence-electron chi connectivity index (χ4n) is 3.21. The second kappa shape index (κ2) is 9.56. The molecule has 0 saturated carbocycles. The normalized spacial score (nSPS) is 11.7. The summed E-state index contributed by atoms with van der Waals surface area (Å²) < 4.78 is 42.5. The maximum Gasteiger partial charge on any atom is 0.573 e. The van der Waals surface area contributed by atoms with Crippen molar-refractivity contribution in [1.82, 2.24) is 9.55 Å². The molecule has 4 rings (SSSR count). The minimum absolute atomic E-state index is 0.241. The highest BCUT2D eigenvalue weighted by Crippen LogP contribution is 2.25. The van der Waals surface area contributed by atoms with Gasteiger partial charge in [0, 0.05) is 18.4 Å². The zero-order valence-corrected chi connectivity index (χ0v) is 17.3. The summed E-state index contributed by atoms with van der Waals surface area (Å²) in [7, 11) is 0. The number of benzene rings is 3. The zero-order valence-electron chi connectivity index (χ0n) is 17.3. The SMILES string of the molecule is O=c1c2ccccc2nc(Nc2ccc(OC(F)(F)F)cc2)n1CCN=Cc1ccccc1. The van der Waals surface area contributed by atoms with Gasteiger partial charge in [-0.15, -0.1) is 13.2 Å². The number of aliphatic imine (C=N–C) groups is 1. The first kappa shape index (κ1) is 22.1.